The zero-order chi connectivity index (χ0) is 10.4. The monoisotopic (exact) mass is 203 g/mol. The zero-order valence-corrected chi connectivity index (χ0v) is 9.47. The van der Waals surface area contributed by atoms with Gasteiger partial charge in [0.2, 0.25) is 0 Å². The van der Waals surface area contributed by atoms with Crippen LogP contribution in [0.3, 0.4) is 0 Å². The Labute approximate surface area is 92.4 Å². The standard InChI is InChI=1S/C14H21N/c15-14-9-6-13(7-10-14,8-11-14)12-4-2-1-3-5-12/h1-2,4H,3,5-11,15H2. The first-order valence-electron chi connectivity index (χ1n) is 6.38. The van der Waals surface area contributed by atoms with Crippen LogP contribution in [0.5, 0.6) is 0 Å². The molecule has 0 heterocycles. The van der Waals surface area contributed by atoms with Gasteiger partial charge in [0, 0.05) is 5.54 Å². The van der Waals surface area contributed by atoms with Gasteiger partial charge in [-0.1, -0.05) is 23.8 Å². The fraction of sp³-hybridized carbons (Fsp3) is 0.714. The molecule has 0 amide bonds. The van der Waals surface area contributed by atoms with Crippen LogP contribution in [0.25, 0.3) is 0 Å². The molecule has 1 heteroatoms. The molecule has 0 saturated heterocycles. The Kier molecular flexibility index (Phi) is 2.07. The van der Waals surface area contributed by atoms with Crippen molar-refractivity contribution in [3.63, 3.8) is 0 Å². The molecule has 15 heavy (non-hydrogen) atoms. The fourth-order valence-electron chi connectivity index (χ4n) is 3.74. The summed E-state index contributed by atoms with van der Waals surface area (Å²) in [7, 11) is 0. The molecule has 0 radical (unpaired) electrons. The van der Waals surface area contributed by atoms with Crippen LogP contribution in [0.2, 0.25) is 0 Å². The second-order valence-electron chi connectivity index (χ2n) is 5.80. The van der Waals surface area contributed by atoms with Crippen LogP contribution in [-0.4, -0.2) is 5.54 Å². The molecule has 0 aromatic carbocycles. The Morgan fingerprint density at radius 2 is 1.67 bits per heavy atom. The maximum atomic E-state index is 6.35. The van der Waals surface area contributed by atoms with E-state index in [-0.39, 0.29) is 5.54 Å². The van der Waals surface area contributed by atoms with Gasteiger partial charge in [-0.05, 0) is 56.8 Å². The largest absolute Gasteiger partial charge is 0.325 e. The number of hydrogen-bond acceptors (Lipinski definition) is 1. The molecule has 0 unspecified atom stereocenters. The summed E-state index contributed by atoms with van der Waals surface area (Å²) in [6, 6.07) is 0. The van der Waals surface area contributed by atoms with Gasteiger partial charge in [-0.3, -0.25) is 0 Å². The molecule has 2 N–H and O–H groups in total. The Morgan fingerprint density at radius 3 is 2.20 bits per heavy atom. The average molecular weight is 203 g/mol. The molecule has 0 spiro atoms. The second kappa shape index (κ2) is 3.21. The van der Waals surface area contributed by atoms with E-state index in [1.165, 1.54) is 51.4 Å². The van der Waals surface area contributed by atoms with Gasteiger partial charge < -0.3 is 5.73 Å². The third-order valence-electron chi connectivity index (χ3n) is 5.00. The minimum atomic E-state index is 0.215. The summed E-state index contributed by atoms with van der Waals surface area (Å²) in [6.07, 6.45) is 17.3. The maximum absolute atomic E-state index is 6.35. The molecule has 3 fully saturated rings. The highest BCUT2D eigenvalue weighted by atomic mass is 14.8. The van der Waals surface area contributed by atoms with Crippen LogP contribution in [-0.2, 0) is 0 Å². The van der Waals surface area contributed by atoms with Crippen LogP contribution in [0.1, 0.15) is 51.4 Å². The normalized spacial score (nSPS) is 44.2. The van der Waals surface area contributed by atoms with Crippen molar-refractivity contribution in [2.75, 3.05) is 0 Å². The summed E-state index contributed by atoms with van der Waals surface area (Å²) < 4.78 is 0. The minimum absolute atomic E-state index is 0.215. The smallest absolute Gasteiger partial charge is 0.0155 e. The van der Waals surface area contributed by atoms with Gasteiger partial charge in [0.1, 0.15) is 0 Å². The van der Waals surface area contributed by atoms with Crippen molar-refractivity contribution in [2.45, 2.75) is 56.9 Å². The first-order valence-corrected chi connectivity index (χ1v) is 6.38. The van der Waals surface area contributed by atoms with Crippen LogP contribution >= 0.6 is 0 Å². The topological polar surface area (TPSA) is 26.0 Å². The quantitative estimate of drug-likeness (QED) is 0.695. The van der Waals surface area contributed by atoms with E-state index in [4.69, 9.17) is 5.73 Å². The molecule has 0 aromatic heterocycles. The fourth-order valence-corrected chi connectivity index (χ4v) is 3.74. The third kappa shape index (κ3) is 1.48. The van der Waals surface area contributed by atoms with E-state index < -0.39 is 0 Å². The van der Waals surface area contributed by atoms with Gasteiger partial charge in [-0.15, -0.1) is 0 Å². The van der Waals surface area contributed by atoms with Gasteiger partial charge in [-0.2, -0.15) is 0 Å². The van der Waals surface area contributed by atoms with E-state index in [0.717, 1.165) is 0 Å². The summed E-state index contributed by atoms with van der Waals surface area (Å²) in [4.78, 5) is 0. The summed E-state index contributed by atoms with van der Waals surface area (Å²) >= 11 is 0. The van der Waals surface area contributed by atoms with Crippen molar-refractivity contribution >= 4 is 0 Å². The van der Waals surface area contributed by atoms with Crippen LogP contribution < -0.4 is 5.73 Å². The number of rotatable bonds is 1. The lowest BCUT2D eigenvalue weighted by molar-refractivity contribution is 0.0720. The zero-order valence-electron chi connectivity index (χ0n) is 9.47. The first-order chi connectivity index (χ1) is 7.23. The van der Waals surface area contributed by atoms with Crippen LogP contribution in [0.4, 0.5) is 0 Å². The molecule has 4 aliphatic rings. The van der Waals surface area contributed by atoms with Crippen LogP contribution in [0, 0.1) is 5.41 Å². The highest BCUT2D eigenvalue weighted by molar-refractivity contribution is 5.27. The number of nitrogens with two attached hydrogens (primary N) is 1. The van der Waals surface area contributed by atoms with Gasteiger partial charge in [0.05, 0.1) is 0 Å². The third-order valence-corrected chi connectivity index (χ3v) is 5.00. The lowest BCUT2D eigenvalue weighted by Crippen LogP contribution is -2.52. The Balaban J connectivity index is 1.86. The molecule has 2 bridgehead atoms. The molecule has 0 atom stereocenters. The summed E-state index contributed by atoms with van der Waals surface area (Å²) in [6.45, 7) is 0. The Hall–Kier alpha value is -0.560. The van der Waals surface area contributed by atoms with E-state index in [2.05, 4.69) is 18.2 Å². The Bertz CT molecular complexity index is 300. The second-order valence-corrected chi connectivity index (χ2v) is 5.80. The lowest BCUT2D eigenvalue weighted by Gasteiger charge is -2.53. The molecule has 3 saturated carbocycles. The van der Waals surface area contributed by atoms with Gasteiger partial charge >= 0.3 is 0 Å². The van der Waals surface area contributed by atoms with Crippen molar-refractivity contribution in [3.8, 4) is 0 Å². The van der Waals surface area contributed by atoms with Crippen molar-refractivity contribution < 1.29 is 0 Å². The lowest BCUT2D eigenvalue weighted by atomic mass is 9.54. The summed E-state index contributed by atoms with van der Waals surface area (Å²) in [5.41, 5.74) is 8.86. The van der Waals surface area contributed by atoms with Gasteiger partial charge in [-0.25, -0.2) is 0 Å². The molecule has 4 rings (SSSR count). The van der Waals surface area contributed by atoms with E-state index >= 15 is 0 Å². The maximum Gasteiger partial charge on any atom is 0.0155 e. The average Bonchev–Trinajstić information content (AvgIpc) is 2.32. The molecule has 0 aliphatic heterocycles. The van der Waals surface area contributed by atoms with Crippen LogP contribution in [0.15, 0.2) is 23.8 Å². The number of hydrogen-bond donors (Lipinski definition) is 1. The highest BCUT2D eigenvalue weighted by Crippen LogP contribution is 2.56. The molecular weight excluding hydrogens is 182 g/mol. The molecule has 82 valence electrons. The SMILES string of the molecule is NC12CCC(C3=CC=CCC3)(CC1)CC2. The highest BCUT2D eigenvalue weighted by Gasteiger charge is 2.47. The summed E-state index contributed by atoms with van der Waals surface area (Å²) in [5, 5.41) is 0. The molecule has 0 aromatic rings. The number of allylic oxidation sites excluding steroid dienone is 4. The molecular formula is C14H21N. The first kappa shape index (κ1) is 9.65. The predicted molar refractivity (Wildman–Crippen MR) is 63.5 cm³/mol. The van der Waals surface area contributed by atoms with Crippen molar-refractivity contribution in [1.82, 2.24) is 0 Å². The predicted octanol–water partition coefficient (Wildman–Crippen LogP) is 3.31. The van der Waals surface area contributed by atoms with Gasteiger partial charge in [0.25, 0.3) is 0 Å². The van der Waals surface area contributed by atoms with E-state index in [1.54, 1.807) is 5.57 Å². The van der Waals surface area contributed by atoms with Crippen molar-refractivity contribution in [1.29, 1.82) is 0 Å². The Morgan fingerprint density at radius 1 is 1.00 bits per heavy atom. The van der Waals surface area contributed by atoms with E-state index in [1.807, 2.05) is 0 Å². The molecule has 1 nitrogen and oxygen atoms in total. The summed E-state index contributed by atoms with van der Waals surface area (Å²) in [5.74, 6) is 0. The van der Waals surface area contributed by atoms with Crippen molar-refractivity contribution in [2.24, 2.45) is 11.1 Å². The van der Waals surface area contributed by atoms with E-state index in [0.29, 0.717) is 5.41 Å². The minimum Gasteiger partial charge on any atom is -0.325 e. The number of fused-ring (bicyclic) bond motifs is 3. The molecule has 4 aliphatic carbocycles. The van der Waals surface area contributed by atoms with Gasteiger partial charge in [0.15, 0.2) is 0 Å². The van der Waals surface area contributed by atoms with E-state index in [9.17, 15) is 0 Å². The van der Waals surface area contributed by atoms with Crippen molar-refractivity contribution in [3.05, 3.63) is 23.8 Å².